The molecule has 0 atom stereocenters. The van der Waals surface area contributed by atoms with Crippen LogP contribution in [0.4, 0.5) is 17.6 Å². The van der Waals surface area contributed by atoms with Crippen molar-refractivity contribution in [3.05, 3.63) is 34.4 Å². The molecule has 0 spiro atoms. The van der Waals surface area contributed by atoms with Crippen LogP contribution in [-0.2, 0) is 11.2 Å². The molecule has 102 valence electrons. The molecule has 2 nitrogen and oxygen atoms in total. The highest BCUT2D eigenvalue weighted by Crippen LogP contribution is 2.37. The van der Waals surface area contributed by atoms with Gasteiger partial charge in [-0.3, -0.25) is 0 Å². The molecule has 0 radical (unpaired) electrons. The fraction of sp³-hybridized carbons (Fsp3) is 0.500. The van der Waals surface area contributed by atoms with Gasteiger partial charge >= 0.3 is 0 Å². The topological polar surface area (TPSA) is 40.5 Å². The molecule has 0 saturated heterocycles. The van der Waals surface area contributed by atoms with E-state index in [-0.39, 0.29) is 0 Å². The Morgan fingerprint density at radius 3 is 1.00 bits per heavy atom. The van der Waals surface area contributed by atoms with E-state index in [4.69, 9.17) is 0 Å². The summed E-state index contributed by atoms with van der Waals surface area (Å²) in [6, 6.07) is 0. The van der Waals surface area contributed by atoms with Gasteiger partial charge in [-0.25, -0.2) is 17.6 Å². The molecule has 1 rings (SSSR count). The third kappa shape index (κ3) is 2.35. The third-order valence-corrected chi connectivity index (χ3v) is 2.49. The quantitative estimate of drug-likeness (QED) is 0.491. The fourth-order valence-corrected chi connectivity index (χ4v) is 1.78. The van der Waals surface area contributed by atoms with Gasteiger partial charge in [0.15, 0.2) is 23.3 Å². The average molecular weight is 266 g/mol. The highest BCUT2D eigenvalue weighted by molar-refractivity contribution is 5.39. The molecule has 0 unspecified atom stereocenters. The van der Waals surface area contributed by atoms with Crippen LogP contribution in [0.2, 0.25) is 0 Å². The number of halogens is 4. The number of rotatable bonds is 2. The van der Waals surface area contributed by atoms with Gasteiger partial charge in [0.25, 0.3) is 0 Å². The van der Waals surface area contributed by atoms with Crippen molar-refractivity contribution in [2.24, 2.45) is 0 Å². The van der Waals surface area contributed by atoms with Crippen LogP contribution in [0.15, 0.2) is 0 Å². The van der Waals surface area contributed by atoms with Crippen molar-refractivity contribution >= 4 is 0 Å². The maximum Gasteiger partial charge on any atom is 0.197 e. The molecule has 1 aromatic carbocycles. The molecule has 0 heterocycles. The first-order valence-corrected chi connectivity index (χ1v) is 5.20. The Labute approximate surface area is 102 Å². The van der Waals surface area contributed by atoms with E-state index in [1.807, 2.05) is 0 Å². The smallest absolute Gasteiger partial charge is 0.197 e. The second-order valence-electron chi connectivity index (χ2n) is 5.12. The lowest BCUT2D eigenvalue weighted by molar-refractivity contribution is 0.0441. The molecule has 18 heavy (non-hydrogen) atoms. The van der Waals surface area contributed by atoms with Crippen molar-refractivity contribution in [1.82, 2.24) is 0 Å². The van der Waals surface area contributed by atoms with Crippen molar-refractivity contribution in [2.75, 3.05) is 0 Å². The Kier molecular flexibility index (Phi) is 3.49. The van der Waals surface area contributed by atoms with Gasteiger partial charge in [0.2, 0.25) is 0 Å². The third-order valence-electron chi connectivity index (χ3n) is 2.49. The minimum Gasteiger partial charge on any atom is -0.386 e. The van der Waals surface area contributed by atoms with E-state index in [1.165, 1.54) is 0 Å². The van der Waals surface area contributed by atoms with Crippen molar-refractivity contribution in [1.29, 1.82) is 0 Å². The monoisotopic (exact) mass is 266 g/mol. The molecule has 0 aliphatic carbocycles. The Hall–Kier alpha value is -1.14. The first-order chi connectivity index (χ1) is 7.89. The van der Waals surface area contributed by atoms with E-state index < -0.39 is 45.6 Å². The summed E-state index contributed by atoms with van der Waals surface area (Å²) >= 11 is 0. The van der Waals surface area contributed by atoms with Crippen LogP contribution in [-0.4, -0.2) is 10.2 Å². The summed E-state index contributed by atoms with van der Waals surface area (Å²) in [4.78, 5) is 0. The van der Waals surface area contributed by atoms with Gasteiger partial charge in [0.05, 0.1) is 11.2 Å². The Bertz CT molecular complexity index is 440. The van der Waals surface area contributed by atoms with Crippen LogP contribution in [0, 0.1) is 23.3 Å². The molecular formula is C12H14F4O2. The summed E-state index contributed by atoms with van der Waals surface area (Å²) in [6.07, 6.45) is 0. The molecule has 0 saturated carbocycles. The van der Waals surface area contributed by atoms with Gasteiger partial charge < -0.3 is 10.2 Å². The Morgan fingerprint density at radius 2 is 0.833 bits per heavy atom. The highest BCUT2D eigenvalue weighted by atomic mass is 19.2. The lowest BCUT2D eigenvalue weighted by atomic mass is 9.84. The van der Waals surface area contributed by atoms with Gasteiger partial charge in [-0.15, -0.1) is 0 Å². The molecule has 0 aromatic heterocycles. The minimum absolute atomic E-state index is 0.800. The molecule has 0 aliphatic heterocycles. The number of benzene rings is 1. The van der Waals surface area contributed by atoms with Crippen molar-refractivity contribution < 1.29 is 27.8 Å². The SMILES string of the molecule is CC(C)(O)c1c(F)c(F)c(F)c(F)c1C(C)(C)O. The van der Waals surface area contributed by atoms with E-state index in [0.29, 0.717) is 0 Å². The summed E-state index contributed by atoms with van der Waals surface area (Å²) in [5, 5.41) is 19.5. The standard InChI is InChI=1S/C12H14F4O2/c1-11(2,17)5-6(12(3,4)18)8(14)10(16)9(15)7(5)13/h17-18H,1-4H3. The van der Waals surface area contributed by atoms with E-state index in [1.54, 1.807) is 0 Å². The normalized spacial score (nSPS) is 13.0. The lowest BCUT2D eigenvalue weighted by Crippen LogP contribution is -2.30. The van der Waals surface area contributed by atoms with Crippen LogP contribution >= 0.6 is 0 Å². The van der Waals surface area contributed by atoms with E-state index in [2.05, 4.69) is 0 Å². The van der Waals surface area contributed by atoms with Crippen molar-refractivity contribution in [3.63, 3.8) is 0 Å². The van der Waals surface area contributed by atoms with Gasteiger partial charge in [-0.2, -0.15) is 0 Å². The zero-order chi connectivity index (χ0) is 14.5. The van der Waals surface area contributed by atoms with E-state index in [0.717, 1.165) is 27.7 Å². The van der Waals surface area contributed by atoms with Gasteiger partial charge in [0.1, 0.15) is 0 Å². The zero-order valence-corrected chi connectivity index (χ0v) is 10.4. The number of hydrogen-bond acceptors (Lipinski definition) is 2. The van der Waals surface area contributed by atoms with Crippen LogP contribution in [0.5, 0.6) is 0 Å². The van der Waals surface area contributed by atoms with E-state index >= 15 is 0 Å². The lowest BCUT2D eigenvalue weighted by Gasteiger charge is -2.29. The molecule has 6 heteroatoms. The van der Waals surface area contributed by atoms with Gasteiger partial charge in [-0.05, 0) is 27.7 Å². The van der Waals surface area contributed by atoms with Crippen LogP contribution in [0.25, 0.3) is 0 Å². The van der Waals surface area contributed by atoms with Gasteiger partial charge in [-0.1, -0.05) is 0 Å². The summed E-state index contributed by atoms with van der Waals surface area (Å²) in [5.41, 5.74) is -5.55. The largest absolute Gasteiger partial charge is 0.386 e. The Morgan fingerprint density at radius 1 is 0.611 bits per heavy atom. The molecule has 0 bridgehead atoms. The second kappa shape index (κ2) is 4.20. The molecule has 0 amide bonds. The Balaban J connectivity index is 3.89. The zero-order valence-electron chi connectivity index (χ0n) is 10.4. The molecule has 2 N–H and O–H groups in total. The van der Waals surface area contributed by atoms with Crippen LogP contribution in [0.1, 0.15) is 38.8 Å². The first kappa shape index (κ1) is 14.9. The average Bonchev–Trinajstić information content (AvgIpc) is 2.16. The minimum atomic E-state index is -2.02. The summed E-state index contributed by atoms with van der Waals surface area (Å²) < 4.78 is 53.7. The number of hydrogen-bond donors (Lipinski definition) is 2. The highest BCUT2D eigenvalue weighted by Gasteiger charge is 2.38. The fourth-order valence-electron chi connectivity index (χ4n) is 1.78. The van der Waals surface area contributed by atoms with Crippen LogP contribution in [0.3, 0.4) is 0 Å². The maximum atomic E-state index is 13.7. The molecule has 0 aliphatic rings. The first-order valence-electron chi connectivity index (χ1n) is 5.20. The predicted octanol–water partition coefficient (Wildman–Crippen LogP) is 2.70. The predicted molar refractivity (Wildman–Crippen MR) is 56.8 cm³/mol. The van der Waals surface area contributed by atoms with Crippen LogP contribution < -0.4 is 0 Å². The summed E-state index contributed by atoms with van der Waals surface area (Å²) in [7, 11) is 0. The van der Waals surface area contributed by atoms with Crippen molar-refractivity contribution in [2.45, 2.75) is 38.9 Å². The summed E-state index contributed by atoms with van der Waals surface area (Å²) in [5.74, 6) is -7.45. The molecule has 1 aromatic rings. The second-order valence-corrected chi connectivity index (χ2v) is 5.12. The molecular weight excluding hydrogens is 252 g/mol. The van der Waals surface area contributed by atoms with Crippen molar-refractivity contribution in [3.8, 4) is 0 Å². The number of aliphatic hydroxyl groups is 2. The molecule has 0 fully saturated rings. The summed E-state index contributed by atoms with van der Waals surface area (Å²) in [6.45, 7) is 4.32. The van der Waals surface area contributed by atoms with E-state index in [9.17, 15) is 27.8 Å². The van der Waals surface area contributed by atoms with Gasteiger partial charge in [0, 0.05) is 11.1 Å². The maximum absolute atomic E-state index is 13.7.